The van der Waals surface area contributed by atoms with Gasteiger partial charge in [0, 0.05) is 20.4 Å². The molecule has 2 N–H and O–H groups in total. The van der Waals surface area contributed by atoms with E-state index in [0.29, 0.717) is 5.82 Å². The third kappa shape index (κ3) is 4.17. The molecule has 0 bridgehead atoms. The normalized spacial score (nSPS) is 11.2. The number of pyridine rings is 1. The van der Waals surface area contributed by atoms with Gasteiger partial charge in [0.05, 0.1) is 5.56 Å². The van der Waals surface area contributed by atoms with Crippen LogP contribution in [0.3, 0.4) is 0 Å². The first-order chi connectivity index (χ1) is 9.75. The number of rotatable bonds is 3. The zero-order valence-corrected chi connectivity index (χ0v) is 14.3. The number of carboxylic acid groups (broad SMARTS) is 1. The molecule has 5 heteroatoms. The quantitative estimate of drug-likeness (QED) is 0.754. The molecule has 0 atom stereocenters. The van der Waals surface area contributed by atoms with E-state index in [2.05, 4.69) is 32.9 Å². The molecular weight excluding hydrogens is 379 g/mol. The maximum atomic E-state index is 11.3. The van der Waals surface area contributed by atoms with E-state index in [1.54, 1.807) is 12.1 Å². The number of hydrogen-bond acceptors (Lipinski definition) is 3. The molecule has 0 saturated carbocycles. The van der Waals surface area contributed by atoms with E-state index in [-0.39, 0.29) is 11.0 Å². The van der Waals surface area contributed by atoms with Crippen molar-refractivity contribution in [1.29, 1.82) is 0 Å². The molecule has 0 fully saturated rings. The Bertz CT molecular complexity index is 661. The fraction of sp³-hybridized carbons (Fsp3) is 0.250. The van der Waals surface area contributed by atoms with Crippen molar-refractivity contribution in [1.82, 2.24) is 4.98 Å². The Hall–Kier alpha value is -1.63. The Morgan fingerprint density at radius 2 is 1.81 bits per heavy atom. The topological polar surface area (TPSA) is 62.2 Å². The third-order valence-electron chi connectivity index (χ3n) is 2.96. The molecule has 1 aromatic carbocycles. The van der Waals surface area contributed by atoms with Gasteiger partial charge < -0.3 is 10.4 Å². The summed E-state index contributed by atoms with van der Waals surface area (Å²) < 4.78 is 1.14. The largest absolute Gasteiger partial charge is 0.478 e. The number of aromatic carboxylic acids is 1. The van der Waals surface area contributed by atoms with Gasteiger partial charge in [-0.3, -0.25) is 0 Å². The fourth-order valence-electron chi connectivity index (χ4n) is 1.78. The van der Waals surface area contributed by atoms with Gasteiger partial charge in [-0.2, -0.15) is 0 Å². The summed E-state index contributed by atoms with van der Waals surface area (Å²) >= 11 is 2.24. The summed E-state index contributed by atoms with van der Waals surface area (Å²) in [6, 6.07) is 11.0. The van der Waals surface area contributed by atoms with Gasteiger partial charge in [0.1, 0.15) is 5.82 Å². The lowest BCUT2D eigenvalue weighted by Gasteiger charge is -2.19. The van der Waals surface area contributed by atoms with Gasteiger partial charge in [-0.15, -0.1) is 0 Å². The first-order valence-electron chi connectivity index (χ1n) is 6.54. The maximum Gasteiger partial charge on any atom is 0.335 e. The second kappa shape index (κ2) is 6.01. The van der Waals surface area contributed by atoms with Crippen LogP contribution in [0.25, 0.3) is 0 Å². The molecule has 4 nitrogen and oxygen atoms in total. The Labute approximate surface area is 137 Å². The van der Waals surface area contributed by atoms with Gasteiger partial charge in [-0.1, -0.05) is 20.8 Å². The van der Waals surface area contributed by atoms with Crippen molar-refractivity contribution >= 4 is 40.1 Å². The number of nitrogens with one attached hydrogen (secondary N) is 1. The summed E-state index contributed by atoms with van der Waals surface area (Å²) in [5, 5.41) is 12.4. The molecule has 2 rings (SSSR count). The molecule has 0 radical (unpaired) electrons. The van der Waals surface area contributed by atoms with Crippen LogP contribution in [0.1, 0.15) is 36.8 Å². The molecule has 2 aromatic rings. The van der Waals surface area contributed by atoms with Crippen LogP contribution >= 0.6 is 22.6 Å². The molecule has 110 valence electrons. The SMILES string of the molecule is CC(C)(C)c1cc(C(=O)O)cc(Nc2ccc(I)cc2)n1. The molecular formula is C16H17IN2O2. The number of aromatic nitrogens is 1. The number of anilines is 2. The first-order valence-corrected chi connectivity index (χ1v) is 7.62. The molecule has 0 aliphatic rings. The van der Waals surface area contributed by atoms with Crippen LogP contribution in [0.2, 0.25) is 0 Å². The van der Waals surface area contributed by atoms with Crippen molar-refractivity contribution in [3.63, 3.8) is 0 Å². The lowest BCUT2D eigenvalue weighted by Crippen LogP contribution is -2.16. The second-order valence-electron chi connectivity index (χ2n) is 5.81. The van der Waals surface area contributed by atoms with Crippen LogP contribution in [0.4, 0.5) is 11.5 Å². The fourth-order valence-corrected chi connectivity index (χ4v) is 2.14. The molecule has 0 unspecified atom stereocenters. The van der Waals surface area contributed by atoms with E-state index < -0.39 is 5.97 Å². The highest BCUT2D eigenvalue weighted by molar-refractivity contribution is 14.1. The second-order valence-corrected chi connectivity index (χ2v) is 7.06. The smallest absolute Gasteiger partial charge is 0.335 e. The van der Waals surface area contributed by atoms with Crippen molar-refractivity contribution in [2.45, 2.75) is 26.2 Å². The van der Waals surface area contributed by atoms with E-state index in [9.17, 15) is 9.90 Å². The van der Waals surface area contributed by atoms with Crippen molar-refractivity contribution in [3.05, 3.63) is 51.2 Å². The number of nitrogens with zero attached hydrogens (tertiary/aromatic N) is 1. The van der Waals surface area contributed by atoms with Gasteiger partial charge in [0.2, 0.25) is 0 Å². The predicted molar refractivity (Wildman–Crippen MR) is 92.3 cm³/mol. The summed E-state index contributed by atoms with van der Waals surface area (Å²) in [5.41, 5.74) is 1.65. The van der Waals surface area contributed by atoms with Crippen LogP contribution in [0.15, 0.2) is 36.4 Å². The zero-order valence-electron chi connectivity index (χ0n) is 12.1. The molecule has 0 aliphatic carbocycles. The van der Waals surface area contributed by atoms with Crippen molar-refractivity contribution in [2.75, 3.05) is 5.32 Å². The summed E-state index contributed by atoms with van der Waals surface area (Å²) in [4.78, 5) is 15.8. The Balaban J connectivity index is 2.40. The molecule has 0 aliphatic heterocycles. The molecule has 1 aromatic heterocycles. The Kier molecular flexibility index (Phi) is 4.51. The van der Waals surface area contributed by atoms with Crippen LogP contribution in [0.5, 0.6) is 0 Å². The van der Waals surface area contributed by atoms with Crippen LogP contribution in [0, 0.1) is 3.57 Å². The monoisotopic (exact) mass is 396 g/mol. The van der Waals surface area contributed by atoms with Gasteiger partial charge >= 0.3 is 5.97 Å². The van der Waals surface area contributed by atoms with Crippen molar-refractivity contribution in [2.24, 2.45) is 0 Å². The minimum absolute atomic E-state index is 0.214. The number of halogens is 1. The maximum absolute atomic E-state index is 11.3. The highest BCUT2D eigenvalue weighted by atomic mass is 127. The van der Waals surface area contributed by atoms with Crippen LogP contribution < -0.4 is 5.32 Å². The first kappa shape index (κ1) is 15.8. The van der Waals surface area contributed by atoms with E-state index in [0.717, 1.165) is 15.0 Å². The average Bonchev–Trinajstić information content (AvgIpc) is 2.40. The summed E-state index contributed by atoms with van der Waals surface area (Å²) in [5.74, 6) is -0.408. The number of benzene rings is 1. The number of hydrogen-bond donors (Lipinski definition) is 2. The van der Waals surface area contributed by atoms with Gasteiger partial charge in [0.15, 0.2) is 0 Å². The van der Waals surface area contributed by atoms with Gasteiger partial charge in [-0.05, 0) is 59.0 Å². The van der Waals surface area contributed by atoms with Crippen molar-refractivity contribution < 1.29 is 9.90 Å². The average molecular weight is 396 g/mol. The molecule has 21 heavy (non-hydrogen) atoms. The van der Waals surface area contributed by atoms with Crippen LogP contribution in [-0.2, 0) is 5.41 Å². The highest BCUT2D eigenvalue weighted by Crippen LogP contribution is 2.25. The standard InChI is InChI=1S/C16H17IN2O2/c1-16(2,3)13-8-10(15(20)21)9-14(19-13)18-12-6-4-11(17)5-7-12/h4-9H,1-3H3,(H,18,19)(H,20,21). The Morgan fingerprint density at radius 1 is 1.19 bits per heavy atom. The Morgan fingerprint density at radius 3 is 2.33 bits per heavy atom. The van der Waals surface area contributed by atoms with Crippen LogP contribution in [-0.4, -0.2) is 16.1 Å². The summed E-state index contributed by atoms with van der Waals surface area (Å²) in [6.45, 7) is 6.03. The lowest BCUT2D eigenvalue weighted by molar-refractivity contribution is 0.0696. The predicted octanol–water partition coefficient (Wildman–Crippen LogP) is 4.43. The highest BCUT2D eigenvalue weighted by Gasteiger charge is 2.19. The number of carboxylic acids is 1. The van der Waals surface area contributed by atoms with Crippen molar-refractivity contribution in [3.8, 4) is 0 Å². The van der Waals surface area contributed by atoms with Gasteiger partial charge in [0.25, 0.3) is 0 Å². The van der Waals surface area contributed by atoms with E-state index in [1.807, 2.05) is 45.0 Å². The minimum atomic E-state index is -0.950. The summed E-state index contributed by atoms with van der Waals surface area (Å²) in [7, 11) is 0. The molecule has 0 amide bonds. The molecule has 1 heterocycles. The lowest BCUT2D eigenvalue weighted by atomic mass is 9.91. The molecule has 0 saturated heterocycles. The zero-order chi connectivity index (χ0) is 15.6. The van der Waals surface area contributed by atoms with E-state index in [1.165, 1.54) is 0 Å². The molecule has 0 spiro atoms. The van der Waals surface area contributed by atoms with Gasteiger partial charge in [-0.25, -0.2) is 9.78 Å². The van der Waals surface area contributed by atoms with E-state index >= 15 is 0 Å². The van der Waals surface area contributed by atoms with E-state index in [4.69, 9.17) is 0 Å². The summed E-state index contributed by atoms with van der Waals surface area (Å²) in [6.07, 6.45) is 0. The third-order valence-corrected chi connectivity index (χ3v) is 3.68. The number of carbonyl (C=O) groups is 1. The minimum Gasteiger partial charge on any atom is -0.478 e.